The van der Waals surface area contributed by atoms with Crippen LogP contribution in [0, 0.1) is 0 Å². The molecule has 0 aliphatic heterocycles. The molecule has 1 heterocycles. The van der Waals surface area contributed by atoms with E-state index < -0.39 is 0 Å². The lowest BCUT2D eigenvalue weighted by Gasteiger charge is -2.25. The van der Waals surface area contributed by atoms with E-state index in [0.717, 1.165) is 46.2 Å². The van der Waals surface area contributed by atoms with Gasteiger partial charge in [-0.15, -0.1) is 10.2 Å². The van der Waals surface area contributed by atoms with Gasteiger partial charge in [0.25, 0.3) is 5.91 Å². The second-order valence-electron chi connectivity index (χ2n) is 9.44. The average Bonchev–Trinajstić information content (AvgIpc) is 3.40. The summed E-state index contributed by atoms with van der Waals surface area (Å²) in [6.07, 6.45) is 5.81. The van der Waals surface area contributed by atoms with Crippen LogP contribution in [0.15, 0.2) is 89.1 Å². The van der Waals surface area contributed by atoms with Crippen LogP contribution in [0.2, 0.25) is 5.02 Å². The van der Waals surface area contributed by atoms with Crippen LogP contribution in [0.3, 0.4) is 0 Å². The quantitative estimate of drug-likeness (QED) is 0.143. The Morgan fingerprint density at radius 1 is 0.921 bits per heavy atom. The number of carbonyl (C=O) groups excluding carboxylic acids is 1. The highest BCUT2D eigenvalue weighted by molar-refractivity contribution is 7.99. The second kappa shape index (κ2) is 12.4. The van der Waals surface area contributed by atoms with Gasteiger partial charge in [0.15, 0.2) is 11.0 Å². The van der Waals surface area contributed by atoms with Gasteiger partial charge < -0.3 is 0 Å². The van der Waals surface area contributed by atoms with E-state index in [4.69, 9.17) is 11.6 Å². The van der Waals surface area contributed by atoms with E-state index in [9.17, 15) is 4.79 Å². The number of carbonyl (C=O) groups is 1. The van der Waals surface area contributed by atoms with Crippen LogP contribution in [-0.2, 0) is 4.79 Å². The van der Waals surface area contributed by atoms with E-state index in [0.29, 0.717) is 11.1 Å². The minimum atomic E-state index is -0.179. The van der Waals surface area contributed by atoms with Crippen LogP contribution in [-0.4, -0.2) is 32.1 Å². The van der Waals surface area contributed by atoms with Crippen molar-refractivity contribution in [2.24, 2.45) is 5.10 Å². The predicted octanol–water partition coefficient (Wildman–Crippen LogP) is 7.40. The second-order valence-corrected chi connectivity index (χ2v) is 10.8. The molecule has 0 atom stereocenters. The summed E-state index contributed by atoms with van der Waals surface area (Å²) in [5.74, 6) is 0.848. The maximum atomic E-state index is 12.7. The van der Waals surface area contributed by atoms with Crippen LogP contribution in [0.25, 0.3) is 22.5 Å². The highest BCUT2D eigenvalue weighted by Gasteiger charge is 2.24. The van der Waals surface area contributed by atoms with Gasteiger partial charge in [-0.2, -0.15) is 5.10 Å². The maximum Gasteiger partial charge on any atom is 0.250 e. The summed E-state index contributed by atoms with van der Waals surface area (Å²) in [7, 11) is 0. The van der Waals surface area contributed by atoms with Crippen molar-refractivity contribution in [2.45, 2.75) is 50.2 Å². The van der Waals surface area contributed by atoms with Crippen LogP contribution >= 0.6 is 23.4 Å². The molecule has 6 nitrogen and oxygen atoms in total. The zero-order chi connectivity index (χ0) is 26.3. The van der Waals surface area contributed by atoms with Crippen molar-refractivity contribution >= 4 is 35.0 Å². The fourth-order valence-electron chi connectivity index (χ4n) is 4.75. The number of nitrogens with zero attached hydrogens (tertiary/aromatic N) is 4. The Labute approximate surface area is 232 Å². The van der Waals surface area contributed by atoms with E-state index in [1.54, 1.807) is 0 Å². The minimum absolute atomic E-state index is 0.179. The summed E-state index contributed by atoms with van der Waals surface area (Å²) in [5, 5.41) is 14.7. The molecular formula is C30H30ClN5OS. The molecule has 0 spiro atoms. The normalized spacial score (nSPS) is 14.4. The summed E-state index contributed by atoms with van der Waals surface area (Å²) in [5.41, 5.74) is 7.69. The Morgan fingerprint density at radius 3 is 2.29 bits per heavy atom. The number of aromatic nitrogens is 3. The Kier molecular flexibility index (Phi) is 8.56. The summed E-state index contributed by atoms with van der Waals surface area (Å²) < 4.78 is 2.21. The number of nitrogens with one attached hydrogen (secondary N) is 1. The molecule has 0 saturated heterocycles. The number of benzene rings is 3. The third-order valence-corrected chi connectivity index (χ3v) is 7.99. The Bertz CT molecular complexity index is 1400. The first kappa shape index (κ1) is 26.2. The molecule has 1 amide bonds. The SMILES string of the molecule is C/C(=N\NC(=O)CSc1nnc(-c2ccc(Cl)cc2)n1C1CCCCC1)c1ccc(-c2ccccc2)cc1. The molecule has 4 aromatic rings. The molecule has 1 aromatic heterocycles. The van der Waals surface area contributed by atoms with Gasteiger partial charge >= 0.3 is 0 Å². The van der Waals surface area contributed by atoms with Crippen LogP contribution in [0.1, 0.15) is 50.6 Å². The number of rotatable bonds is 8. The fraction of sp³-hybridized carbons (Fsp3) is 0.267. The zero-order valence-electron chi connectivity index (χ0n) is 21.3. The van der Waals surface area contributed by atoms with Crippen molar-refractivity contribution in [1.29, 1.82) is 0 Å². The molecule has 1 fully saturated rings. The predicted molar refractivity (Wildman–Crippen MR) is 156 cm³/mol. The number of halogens is 1. The summed E-state index contributed by atoms with van der Waals surface area (Å²) in [6, 6.07) is 26.4. The van der Waals surface area contributed by atoms with E-state index in [-0.39, 0.29) is 11.7 Å². The molecule has 0 bridgehead atoms. The molecule has 5 rings (SSSR count). The highest BCUT2D eigenvalue weighted by atomic mass is 35.5. The molecule has 194 valence electrons. The number of hydrogen-bond donors (Lipinski definition) is 1. The minimum Gasteiger partial charge on any atom is -0.299 e. The zero-order valence-corrected chi connectivity index (χ0v) is 22.9. The van der Waals surface area contributed by atoms with Gasteiger partial charge in [0, 0.05) is 16.6 Å². The number of hydrogen-bond acceptors (Lipinski definition) is 5. The van der Waals surface area contributed by atoms with E-state index in [1.807, 2.05) is 61.5 Å². The smallest absolute Gasteiger partial charge is 0.250 e. The van der Waals surface area contributed by atoms with Gasteiger partial charge in [-0.05, 0) is 60.7 Å². The third kappa shape index (κ3) is 6.34. The lowest BCUT2D eigenvalue weighted by Crippen LogP contribution is -2.22. The largest absolute Gasteiger partial charge is 0.299 e. The Hall–Kier alpha value is -3.42. The number of amides is 1. The molecule has 3 aromatic carbocycles. The van der Waals surface area contributed by atoms with E-state index in [1.165, 1.54) is 36.6 Å². The van der Waals surface area contributed by atoms with Gasteiger partial charge in [0.05, 0.1) is 11.5 Å². The summed E-state index contributed by atoms with van der Waals surface area (Å²) >= 11 is 7.50. The van der Waals surface area contributed by atoms with Crippen LogP contribution in [0.5, 0.6) is 0 Å². The van der Waals surface area contributed by atoms with Crippen molar-refractivity contribution in [3.8, 4) is 22.5 Å². The molecule has 1 saturated carbocycles. The van der Waals surface area contributed by atoms with Gasteiger partial charge in [0.1, 0.15) is 0 Å². The first-order valence-corrected chi connectivity index (χ1v) is 14.3. The monoisotopic (exact) mass is 543 g/mol. The van der Waals surface area contributed by atoms with Gasteiger partial charge in [-0.1, -0.05) is 97.2 Å². The summed E-state index contributed by atoms with van der Waals surface area (Å²) in [4.78, 5) is 12.7. The lowest BCUT2D eigenvalue weighted by atomic mass is 9.95. The first-order valence-electron chi connectivity index (χ1n) is 12.9. The average molecular weight is 544 g/mol. The topological polar surface area (TPSA) is 72.2 Å². The fourth-order valence-corrected chi connectivity index (χ4v) is 5.67. The molecule has 1 aliphatic carbocycles. The van der Waals surface area contributed by atoms with Crippen molar-refractivity contribution in [2.75, 3.05) is 5.75 Å². The molecule has 0 unspecified atom stereocenters. The molecule has 38 heavy (non-hydrogen) atoms. The van der Waals surface area contributed by atoms with Crippen molar-refractivity contribution in [1.82, 2.24) is 20.2 Å². The molecular weight excluding hydrogens is 514 g/mol. The standard InChI is InChI=1S/C30H30ClN5OS/c1-21(22-12-14-24(15-13-22)23-8-4-2-5-9-23)32-33-28(37)20-38-30-35-34-29(25-16-18-26(31)19-17-25)36(30)27-10-6-3-7-11-27/h2,4-5,8-9,12-19,27H,3,6-7,10-11,20H2,1H3,(H,33,37)/b32-21+. The maximum absolute atomic E-state index is 12.7. The summed E-state index contributed by atoms with van der Waals surface area (Å²) in [6.45, 7) is 1.89. The molecule has 0 radical (unpaired) electrons. The first-order chi connectivity index (χ1) is 18.6. The van der Waals surface area contributed by atoms with E-state index in [2.05, 4.69) is 49.6 Å². The lowest BCUT2D eigenvalue weighted by molar-refractivity contribution is -0.118. The number of hydrazone groups is 1. The van der Waals surface area contributed by atoms with Crippen LogP contribution < -0.4 is 5.43 Å². The van der Waals surface area contributed by atoms with Crippen molar-refractivity contribution in [3.63, 3.8) is 0 Å². The van der Waals surface area contributed by atoms with Gasteiger partial charge in [-0.3, -0.25) is 9.36 Å². The van der Waals surface area contributed by atoms with Gasteiger partial charge in [-0.25, -0.2) is 5.43 Å². The van der Waals surface area contributed by atoms with E-state index >= 15 is 0 Å². The molecule has 1 N–H and O–H groups in total. The Morgan fingerprint density at radius 2 is 1.58 bits per heavy atom. The third-order valence-electron chi connectivity index (χ3n) is 6.80. The van der Waals surface area contributed by atoms with Crippen molar-refractivity contribution in [3.05, 3.63) is 89.4 Å². The molecule has 1 aliphatic rings. The van der Waals surface area contributed by atoms with Gasteiger partial charge in [0.2, 0.25) is 0 Å². The molecule has 8 heteroatoms. The number of thioether (sulfide) groups is 1. The highest BCUT2D eigenvalue weighted by Crippen LogP contribution is 2.35. The van der Waals surface area contributed by atoms with Crippen molar-refractivity contribution < 1.29 is 4.79 Å². The van der Waals surface area contributed by atoms with Crippen LogP contribution in [0.4, 0.5) is 0 Å². The Balaban J connectivity index is 1.24.